The zero-order valence-corrected chi connectivity index (χ0v) is 19.8. The second-order valence-electron chi connectivity index (χ2n) is 8.61. The highest BCUT2D eigenvalue weighted by Crippen LogP contribution is 2.33. The van der Waals surface area contributed by atoms with Crippen molar-refractivity contribution in [1.82, 2.24) is 10.2 Å². The molecule has 0 bridgehead atoms. The summed E-state index contributed by atoms with van der Waals surface area (Å²) in [4.78, 5) is 28.9. The zero-order chi connectivity index (χ0) is 24.1. The third-order valence-electron chi connectivity index (χ3n) is 6.25. The summed E-state index contributed by atoms with van der Waals surface area (Å²) in [6.07, 6.45) is 0.435. The van der Waals surface area contributed by atoms with Gasteiger partial charge in [0.2, 0.25) is 5.91 Å². The predicted molar refractivity (Wildman–Crippen MR) is 131 cm³/mol. The van der Waals surface area contributed by atoms with Gasteiger partial charge in [-0.3, -0.25) is 9.59 Å². The molecule has 1 aliphatic heterocycles. The molecule has 0 unspecified atom stereocenters. The van der Waals surface area contributed by atoms with Crippen LogP contribution in [0.1, 0.15) is 40.9 Å². The Morgan fingerprint density at radius 1 is 1.00 bits per heavy atom. The number of hydrogen-bond acceptors (Lipinski definition) is 4. The Kier molecular flexibility index (Phi) is 6.87. The lowest BCUT2D eigenvalue weighted by atomic mass is 9.82. The second-order valence-corrected chi connectivity index (χ2v) is 8.61. The van der Waals surface area contributed by atoms with Gasteiger partial charge in [0.25, 0.3) is 5.91 Å². The summed E-state index contributed by atoms with van der Waals surface area (Å²) in [5.41, 5.74) is 2.30. The van der Waals surface area contributed by atoms with Crippen molar-refractivity contribution in [2.24, 2.45) is 0 Å². The van der Waals surface area contributed by atoms with E-state index >= 15 is 0 Å². The highest BCUT2D eigenvalue weighted by Gasteiger charge is 2.46. The summed E-state index contributed by atoms with van der Waals surface area (Å²) in [5.74, 6) is 1.13. The molecule has 0 aliphatic carbocycles. The maximum absolute atomic E-state index is 13.6. The van der Waals surface area contributed by atoms with Crippen LogP contribution in [0.3, 0.4) is 0 Å². The molecule has 0 saturated heterocycles. The molecular formula is C28H30N2O4. The fourth-order valence-corrected chi connectivity index (χ4v) is 4.41. The Bertz CT molecular complexity index is 1190. The van der Waals surface area contributed by atoms with E-state index in [1.54, 1.807) is 12.0 Å². The van der Waals surface area contributed by atoms with Crippen LogP contribution in [0.25, 0.3) is 0 Å². The van der Waals surface area contributed by atoms with E-state index in [0.29, 0.717) is 31.7 Å². The van der Waals surface area contributed by atoms with Crippen molar-refractivity contribution < 1.29 is 19.1 Å². The van der Waals surface area contributed by atoms with E-state index in [4.69, 9.17) is 9.47 Å². The van der Waals surface area contributed by atoms with Crippen LogP contribution < -0.4 is 14.8 Å². The average Bonchev–Trinajstić information content (AvgIpc) is 2.85. The maximum Gasteiger partial charge on any atom is 0.255 e. The van der Waals surface area contributed by atoms with Crippen molar-refractivity contribution >= 4 is 11.8 Å². The van der Waals surface area contributed by atoms with Gasteiger partial charge >= 0.3 is 0 Å². The first-order valence-corrected chi connectivity index (χ1v) is 11.5. The van der Waals surface area contributed by atoms with Gasteiger partial charge in [0.1, 0.15) is 17.0 Å². The molecule has 34 heavy (non-hydrogen) atoms. The van der Waals surface area contributed by atoms with Crippen LogP contribution in [-0.2, 0) is 24.3 Å². The van der Waals surface area contributed by atoms with Crippen molar-refractivity contribution in [3.8, 4) is 11.5 Å². The van der Waals surface area contributed by atoms with E-state index in [1.165, 1.54) is 0 Å². The Morgan fingerprint density at radius 3 is 2.47 bits per heavy atom. The van der Waals surface area contributed by atoms with Gasteiger partial charge in [0, 0.05) is 25.1 Å². The molecule has 0 fully saturated rings. The molecule has 3 aromatic carbocycles. The summed E-state index contributed by atoms with van der Waals surface area (Å²) in [7, 11) is 1.61. The van der Waals surface area contributed by atoms with Crippen LogP contribution >= 0.6 is 0 Å². The summed E-state index contributed by atoms with van der Waals surface area (Å²) < 4.78 is 10.9. The molecule has 176 valence electrons. The minimum absolute atomic E-state index is 0.150. The van der Waals surface area contributed by atoms with Crippen LogP contribution in [0.4, 0.5) is 0 Å². The summed E-state index contributed by atoms with van der Waals surface area (Å²) in [6.45, 7) is 4.98. The molecule has 1 aliphatic rings. The number of nitrogens with one attached hydrogen (secondary N) is 1. The first kappa shape index (κ1) is 23.4. The molecule has 1 heterocycles. The molecule has 4 rings (SSSR count). The number of rotatable bonds is 8. The molecule has 3 aromatic rings. The van der Waals surface area contributed by atoms with Crippen molar-refractivity contribution in [1.29, 1.82) is 0 Å². The predicted octanol–water partition coefficient (Wildman–Crippen LogP) is 4.37. The van der Waals surface area contributed by atoms with Crippen molar-refractivity contribution in [2.75, 3.05) is 13.7 Å². The fraction of sp³-hybridized carbons (Fsp3) is 0.286. The van der Waals surface area contributed by atoms with E-state index in [2.05, 4.69) is 5.32 Å². The van der Waals surface area contributed by atoms with Gasteiger partial charge in [0.15, 0.2) is 0 Å². The summed E-state index contributed by atoms with van der Waals surface area (Å²) >= 11 is 0. The highest BCUT2D eigenvalue weighted by molar-refractivity contribution is 6.02. The fourth-order valence-electron chi connectivity index (χ4n) is 4.41. The number of amides is 2. The van der Waals surface area contributed by atoms with Crippen LogP contribution in [0, 0.1) is 0 Å². The second kappa shape index (κ2) is 10.00. The van der Waals surface area contributed by atoms with Crippen molar-refractivity contribution in [2.45, 2.75) is 38.9 Å². The smallest absolute Gasteiger partial charge is 0.255 e. The molecular weight excluding hydrogens is 428 g/mol. The van der Waals surface area contributed by atoms with Gasteiger partial charge < -0.3 is 19.7 Å². The van der Waals surface area contributed by atoms with E-state index in [-0.39, 0.29) is 11.8 Å². The lowest BCUT2D eigenvalue weighted by Gasteiger charge is -2.44. The molecule has 6 heteroatoms. The normalized spacial score (nSPS) is 17.1. The van der Waals surface area contributed by atoms with E-state index in [0.717, 1.165) is 28.2 Å². The molecule has 1 N–H and O–H groups in total. The monoisotopic (exact) mass is 458 g/mol. The molecule has 6 nitrogen and oxygen atoms in total. The third kappa shape index (κ3) is 4.76. The lowest BCUT2D eigenvalue weighted by molar-refractivity contribution is -0.132. The van der Waals surface area contributed by atoms with Gasteiger partial charge in [-0.2, -0.15) is 0 Å². The Balaban J connectivity index is 1.63. The number of benzene rings is 3. The highest BCUT2D eigenvalue weighted by atomic mass is 16.5. The largest absolute Gasteiger partial charge is 0.497 e. The van der Waals surface area contributed by atoms with E-state index in [9.17, 15) is 9.59 Å². The van der Waals surface area contributed by atoms with E-state index < -0.39 is 5.54 Å². The number of fused-ring (bicyclic) bond motifs is 1. The molecule has 0 radical (unpaired) electrons. The third-order valence-corrected chi connectivity index (χ3v) is 6.25. The minimum atomic E-state index is -1.05. The lowest BCUT2D eigenvalue weighted by Crippen LogP contribution is -2.62. The summed E-state index contributed by atoms with van der Waals surface area (Å²) in [5, 5.41) is 3.05. The van der Waals surface area contributed by atoms with Crippen LogP contribution in [0.2, 0.25) is 0 Å². The number of ether oxygens (including phenoxy) is 2. The maximum atomic E-state index is 13.6. The number of carbonyl (C=O) groups is 2. The molecule has 0 aromatic heterocycles. The first-order chi connectivity index (χ1) is 16.4. The Hall–Kier alpha value is -3.80. The standard InChI is InChI=1S/C28H30N2O4/c1-4-34-24-13-8-10-21(16-24)19-30-26(31)25-14-6-5-11-22(25)17-28(30,2)27(32)29-18-20-9-7-12-23(15-20)33-3/h5-16H,4,17-19H2,1-3H3,(H,29,32)/t28-/m0/s1. The Morgan fingerprint density at radius 2 is 1.71 bits per heavy atom. The van der Waals surface area contributed by atoms with Gasteiger partial charge in [-0.1, -0.05) is 42.5 Å². The molecule has 0 saturated carbocycles. The number of carbonyl (C=O) groups excluding carboxylic acids is 2. The van der Waals surface area contributed by atoms with Crippen LogP contribution in [0.15, 0.2) is 72.8 Å². The quantitative estimate of drug-likeness (QED) is 0.544. The van der Waals surface area contributed by atoms with Crippen molar-refractivity contribution in [3.63, 3.8) is 0 Å². The average molecular weight is 459 g/mol. The van der Waals surface area contributed by atoms with Crippen molar-refractivity contribution in [3.05, 3.63) is 95.1 Å². The molecule has 2 amide bonds. The molecule has 1 atom stereocenters. The topological polar surface area (TPSA) is 67.9 Å². The van der Waals surface area contributed by atoms with E-state index in [1.807, 2.05) is 86.6 Å². The first-order valence-electron chi connectivity index (χ1n) is 11.5. The van der Waals surface area contributed by atoms with Gasteiger partial charge in [-0.25, -0.2) is 0 Å². The van der Waals surface area contributed by atoms with Gasteiger partial charge in [-0.05, 0) is 60.9 Å². The zero-order valence-electron chi connectivity index (χ0n) is 19.8. The molecule has 0 spiro atoms. The van der Waals surface area contributed by atoms with Crippen LogP contribution in [-0.4, -0.2) is 36.0 Å². The number of hydrogen-bond donors (Lipinski definition) is 1. The number of methoxy groups -OCH3 is 1. The van der Waals surface area contributed by atoms with Crippen LogP contribution in [0.5, 0.6) is 11.5 Å². The minimum Gasteiger partial charge on any atom is -0.497 e. The van der Waals surface area contributed by atoms with Gasteiger partial charge in [0.05, 0.1) is 13.7 Å². The SMILES string of the molecule is CCOc1cccc(CN2C(=O)c3ccccc3C[C@@]2(C)C(=O)NCc2cccc(OC)c2)c1. The Labute approximate surface area is 200 Å². The number of nitrogens with zero attached hydrogens (tertiary/aromatic N) is 1. The summed E-state index contributed by atoms with van der Waals surface area (Å²) in [6, 6.07) is 22.8. The van der Waals surface area contributed by atoms with Gasteiger partial charge in [-0.15, -0.1) is 0 Å².